The van der Waals surface area contributed by atoms with E-state index in [1.54, 1.807) is 19.1 Å². The number of rotatable bonds is 5. The summed E-state index contributed by atoms with van der Waals surface area (Å²) in [7, 11) is 0. The molecule has 0 saturated carbocycles. The zero-order valence-electron chi connectivity index (χ0n) is 17.8. The molecule has 0 spiro atoms. The van der Waals surface area contributed by atoms with Gasteiger partial charge in [-0.05, 0) is 42.3 Å². The topological polar surface area (TPSA) is 75.4 Å². The molecule has 0 radical (unpaired) electrons. The predicted octanol–water partition coefficient (Wildman–Crippen LogP) is 4.78. The van der Waals surface area contributed by atoms with Gasteiger partial charge in [-0.15, -0.1) is 0 Å². The van der Waals surface area contributed by atoms with Gasteiger partial charge in [0, 0.05) is 11.1 Å². The maximum Gasteiger partial charge on any atom is 0.325 e. The number of nitrogens with zero attached hydrogens (tertiary/aromatic N) is 2. The monoisotopic (exact) mass is 441 g/mol. The number of amides is 3. The molecule has 1 N–H and O–H groups in total. The molecule has 7 heteroatoms. The van der Waals surface area contributed by atoms with Crippen molar-refractivity contribution in [1.82, 2.24) is 15.4 Å². The highest BCUT2D eigenvalue weighted by atomic mass is 19.1. The molecule has 1 aliphatic heterocycles. The van der Waals surface area contributed by atoms with Crippen LogP contribution in [0.1, 0.15) is 22.4 Å². The average Bonchev–Trinajstić information content (AvgIpc) is 3.33. The first-order valence-corrected chi connectivity index (χ1v) is 10.5. The Kier molecular flexibility index (Phi) is 5.01. The Balaban J connectivity index is 1.52. The van der Waals surface area contributed by atoms with Crippen LogP contribution in [-0.4, -0.2) is 22.0 Å². The van der Waals surface area contributed by atoms with Crippen molar-refractivity contribution in [3.8, 4) is 11.3 Å². The standard InChI is InChI=1S/C26H20FN3O3/c1-17-22(29-33-23(17)18-12-14-21(27)15-13-18)16-30-24(31)26(28-25(30)32,19-8-4-2-5-9-19)20-10-6-3-7-11-20/h2-15H,16H2,1H3,(H,28,32). The SMILES string of the molecule is Cc1c(CN2C(=O)NC(c3ccccc3)(c3ccccc3)C2=O)noc1-c1ccc(F)cc1. The van der Waals surface area contributed by atoms with Gasteiger partial charge in [0.05, 0.1) is 6.54 Å². The molecule has 33 heavy (non-hydrogen) atoms. The lowest BCUT2D eigenvalue weighted by Crippen LogP contribution is -2.45. The minimum atomic E-state index is -1.34. The first-order chi connectivity index (χ1) is 16.0. The Morgan fingerprint density at radius 3 is 2.06 bits per heavy atom. The second-order valence-electron chi connectivity index (χ2n) is 7.89. The summed E-state index contributed by atoms with van der Waals surface area (Å²) in [5.41, 5.74) is 1.79. The lowest BCUT2D eigenvalue weighted by Gasteiger charge is -2.28. The number of carbonyl (C=O) groups is 2. The summed E-state index contributed by atoms with van der Waals surface area (Å²) in [4.78, 5) is 28.0. The van der Waals surface area contributed by atoms with Gasteiger partial charge in [0.15, 0.2) is 11.3 Å². The molecule has 164 valence electrons. The molecule has 1 aromatic heterocycles. The van der Waals surface area contributed by atoms with Crippen LogP contribution in [0.5, 0.6) is 0 Å². The summed E-state index contributed by atoms with van der Waals surface area (Å²) in [6, 6.07) is 23.7. The van der Waals surface area contributed by atoms with Gasteiger partial charge in [0.1, 0.15) is 11.5 Å². The minimum Gasteiger partial charge on any atom is -0.356 e. The third-order valence-electron chi connectivity index (χ3n) is 5.95. The quantitative estimate of drug-likeness (QED) is 0.452. The zero-order chi connectivity index (χ0) is 23.0. The average molecular weight is 441 g/mol. The molecule has 3 amide bonds. The second kappa shape index (κ2) is 8.02. The van der Waals surface area contributed by atoms with Crippen LogP contribution in [0.15, 0.2) is 89.5 Å². The molecule has 0 atom stereocenters. The van der Waals surface area contributed by atoms with Crippen LogP contribution in [0, 0.1) is 12.7 Å². The molecule has 4 aromatic rings. The third-order valence-corrected chi connectivity index (χ3v) is 5.95. The molecule has 5 rings (SSSR count). The fourth-order valence-electron chi connectivity index (χ4n) is 4.19. The van der Waals surface area contributed by atoms with Crippen molar-refractivity contribution in [2.75, 3.05) is 0 Å². The number of hydrogen-bond donors (Lipinski definition) is 1. The number of aromatic nitrogens is 1. The number of hydrogen-bond acceptors (Lipinski definition) is 4. The van der Waals surface area contributed by atoms with Gasteiger partial charge in [-0.2, -0.15) is 0 Å². The summed E-state index contributed by atoms with van der Waals surface area (Å²) in [5.74, 6) is -0.279. The summed E-state index contributed by atoms with van der Waals surface area (Å²) < 4.78 is 18.8. The normalized spacial score (nSPS) is 15.0. The molecule has 1 aliphatic rings. The van der Waals surface area contributed by atoms with E-state index in [0.717, 1.165) is 4.90 Å². The highest BCUT2D eigenvalue weighted by Crippen LogP contribution is 2.37. The molecular formula is C26H20FN3O3. The highest BCUT2D eigenvalue weighted by molar-refractivity contribution is 6.09. The van der Waals surface area contributed by atoms with Gasteiger partial charge in [-0.3, -0.25) is 9.69 Å². The molecule has 0 unspecified atom stereocenters. The van der Waals surface area contributed by atoms with Crippen LogP contribution in [0.2, 0.25) is 0 Å². The van der Waals surface area contributed by atoms with Gasteiger partial charge >= 0.3 is 6.03 Å². The first kappa shape index (κ1) is 20.6. The Labute approximate surface area is 189 Å². The summed E-state index contributed by atoms with van der Waals surface area (Å²) in [5, 5.41) is 7.02. The summed E-state index contributed by atoms with van der Waals surface area (Å²) in [6.07, 6.45) is 0. The molecule has 0 bridgehead atoms. The predicted molar refractivity (Wildman–Crippen MR) is 119 cm³/mol. The van der Waals surface area contributed by atoms with Gasteiger partial charge in [0.2, 0.25) is 0 Å². The molecule has 3 aromatic carbocycles. The minimum absolute atomic E-state index is 0.0530. The second-order valence-corrected chi connectivity index (χ2v) is 7.89. The Morgan fingerprint density at radius 2 is 1.48 bits per heavy atom. The summed E-state index contributed by atoms with van der Waals surface area (Å²) in [6.45, 7) is 1.74. The van der Waals surface area contributed by atoms with Gasteiger partial charge < -0.3 is 9.84 Å². The fourth-order valence-corrected chi connectivity index (χ4v) is 4.19. The fraction of sp³-hybridized carbons (Fsp3) is 0.115. The van der Waals surface area contributed by atoms with E-state index in [2.05, 4.69) is 10.5 Å². The van der Waals surface area contributed by atoms with E-state index in [1.807, 2.05) is 60.7 Å². The van der Waals surface area contributed by atoms with Crippen LogP contribution < -0.4 is 5.32 Å². The number of urea groups is 1. The zero-order valence-corrected chi connectivity index (χ0v) is 17.8. The van der Waals surface area contributed by atoms with Crippen LogP contribution >= 0.6 is 0 Å². The number of carbonyl (C=O) groups excluding carboxylic acids is 2. The third kappa shape index (κ3) is 3.38. The van der Waals surface area contributed by atoms with E-state index in [9.17, 15) is 14.0 Å². The van der Waals surface area contributed by atoms with E-state index < -0.39 is 17.5 Å². The van der Waals surface area contributed by atoms with Gasteiger partial charge in [0.25, 0.3) is 5.91 Å². The highest BCUT2D eigenvalue weighted by Gasteiger charge is 2.53. The van der Waals surface area contributed by atoms with E-state index in [-0.39, 0.29) is 12.4 Å². The number of benzene rings is 3. The Bertz CT molecular complexity index is 1280. The number of imide groups is 1. The first-order valence-electron chi connectivity index (χ1n) is 10.5. The lowest BCUT2D eigenvalue weighted by molar-refractivity contribution is -0.130. The van der Waals surface area contributed by atoms with Crippen molar-refractivity contribution < 1.29 is 18.5 Å². The smallest absolute Gasteiger partial charge is 0.325 e. The maximum atomic E-state index is 13.8. The molecule has 6 nitrogen and oxygen atoms in total. The van der Waals surface area contributed by atoms with Crippen LogP contribution in [-0.2, 0) is 16.9 Å². The maximum absolute atomic E-state index is 13.8. The van der Waals surface area contributed by atoms with E-state index in [4.69, 9.17) is 4.52 Å². The number of halogens is 1. The van der Waals surface area contributed by atoms with Crippen molar-refractivity contribution in [3.63, 3.8) is 0 Å². The van der Waals surface area contributed by atoms with Crippen molar-refractivity contribution >= 4 is 11.9 Å². The molecule has 1 fully saturated rings. The number of nitrogens with one attached hydrogen (secondary N) is 1. The van der Waals surface area contributed by atoms with Crippen molar-refractivity contribution in [1.29, 1.82) is 0 Å². The van der Waals surface area contributed by atoms with Crippen LogP contribution in [0.4, 0.5) is 9.18 Å². The van der Waals surface area contributed by atoms with Crippen LogP contribution in [0.3, 0.4) is 0 Å². The molecule has 2 heterocycles. The molecule has 1 saturated heterocycles. The Hall–Kier alpha value is -4.26. The van der Waals surface area contributed by atoms with Crippen molar-refractivity contribution in [3.05, 3.63) is 113 Å². The van der Waals surface area contributed by atoms with E-state index >= 15 is 0 Å². The molecular weight excluding hydrogens is 421 g/mol. The largest absolute Gasteiger partial charge is 0.356 e. The van der Waals surface area contributed by atoms with Crippen molar-refractivity contribution in [2.45, 2.75) is 19.0 Å². The van der Waals surface area contributed by atoms with E-state index in [0.29, 0.717) is 33.7 Å². The summed E-state index contributed by atoms with van der Waals surface area (Å²) >= 11 is 0. The lowest BCUT2D eigenvalue weighted by atomic mass is 9.82. The Morgan fingerprint density at radius 1 is 0.909 bits per heavy atom. The van der Waals surface area contributed by atoms with Crippen molar-refractivity contribution in [2.24, 2.45) is 0 Å². The molecule has 0 aliphatic carbocycles. The van der Waals surface area contributed by atoms with Gasteiger partial charge in [-0.25, -0.2) is 9.18 Å². The van der Waals surface area contributed by atoms with Crippen LogP contribution in [0.25, 0.3) is 11.3 Å². The van der Waals surface area contributed by atoms with E-state index in [1.165, 1.54) is 12.1 Å². The van der Waals surface area contributed by atoms with Gasteiger partial charge in [-0.1, -0.05) is 65.8 Å².